The Kier molecular flexibility index (Phi) is 4.45. The van der Waals surface area contributed by atoms with E-state index in [1.54, 1.807) is 49.6 Å². The molecular weight excluding hydrogens is 333 g/mol. The van der Waals surface area contributed by atoms with E-state index < -0.39 is 0 Å². The van der Waals surface area contributed by atoms with Crippen LogP contribution in [0, 0.1) is 5.82 Å². The van der Waals surface area contributed by atoms with Gasteiger partial charge in [0.25, 0.3) is 5.91 Å². The van der Waals surface area contributed by atoms with Crippen LogP contribution < -0.4 is 9.64 Å². The summed E-state index contributed by atoms with van der Waals surface area (Å²) in [6, 6.07) is 13.3. The van der Waals surface area contributed by atoms with E-state index >= 15 is 0 Å². The average molecular weight is 345 g/mol. The van der Waals surface area contributed by atoms with Crippen molar-refractivity contribution in [1.29, 1.82) is 0 Å². The predicted molar refractivity (Wildman–Crippen MR) is 95.0 cm³/mol. The van der Waals surface area contributed by atoms with Crippen molar-refractivity contribution in [2.45, 2.75) is 0 Å². The molecule has 1 aliphatic heterocycles. The zero-order valence-electron chi connectivity index (χ0n) is 12.2. The molecule has 0 bridgehead atoms. The second-order valence-electron chi connectivity index (χ2n) is 4.74. The maximum atomic E-state index is 13.7. The Hall–Kier alpha value is -2.18. The van der Waals surface area contributed by atoms with Gasteiger partial charge in [0, 0.05) is 5.56 Å². The number of methoxy groups -OCH3 is 1. The maximum Gasteiger partial charge on any atom is 0.270 e. The van der Waals surface area contributed by atoms with Crippen LogP contribution in [0.4, 0.5) is 10.1 Å². The second-order valence-corrected chi connectivity index (χ2v) is 6.41. The van der Waals surface area contributed by atoms with Gasteiger partial charge in [0.2, 0.25) is 0 Å². The summed E-state index contributed by atoms with van der Waals surface area (Å²) in [4.78, 5) is 14.4. The topological polar surface area (TPSA) is 29.5 Å². The molecule has 0 saturated carbocycles. The lowest BCUT2D eigenvalue weighted by molar-refractivity contribution is -0.113. The number of thioether (sulfide) groups is 1. The normalized spacial score (nSPS) is 16.3. The number of rotatable bonds is 3. The molecule has 0 atom stereocenters. The minimum absolute atomic E-state index is 0.256. The van der Waals surface area contributed by atoms with Crippen molar-refractivity contribution in [2.75, 3.05) is 12.0 Å². The number of nitrogens with zero attached hydrogens (tertiary/aromatic N) is 1. The Morgan fingerprint density at radius 1 is 1.17 bits per heavy atom. The number of anilines is 1. The van der Waals surface area contributed by atoms with E-state index in [2.05, 4.69) is 0 Å². The first kappa shape index (κ1) is 15.7. The number of benzene rings is 2. The summed E-state index contributed by atoms with van der Waals surface area (Å²) in [5.74, 6) is 0.0664. The Morgan fingerprint density at radius 2 is 1.87 bits per heavy atom. The molecule has 0 spiro atoms. The molecular formula is C17H12FNO2S2. The van der Waals surface area contributed by atoms with Crippen molar-refractivity contribution >= 4 is 46.0 Å². The van der Waals surface area contributed by atoms with Crippen molar-refractivity contribution in [3.63, 3.8) is 0 Å². The molecule has 0 radical (unpaired) electrons. The molecule has 3 rings (SSSR count). The molecule has 0 aromatic heterocycles. The van der Waals surface area contributed by atoms with Crippen LogP contribution in [0.1, 0.15) is 5.56 Å². The third-order valence-corrected chi connectivity index (χ3v) is 4.62. The number of hydrogen-bond acceptors (Lipinski definition) is 4. The van der Waals surface area contributed by atoms with Crippen molar-refractivity contribution in [3.8, 4) is 5.75 Å². The van der Waals surface area contributed by atoms with Crippen LogP contribution in [-0.4, -0.2) is 17.3 Å². The largest absolute Gasteiger partial charge is 0.497 e. The van der Waals surface area contributed by atoms with E-state index in [0.29, 0.717) is 26.2 Å². The van der Waals surface area contributed by atoms with Crippen molar-refractivity contribution in [2.24, 2.45) is 0 Å². The number of carbonyl (C=O) groups excluding carboxylic acids is 1. The first-order chi connectivity index (χ1) is 11.1. The Bertz CT molecular complexity index is 802. The fourth-order valence-electron chi connectivity index (χ4n) is 2.16. The van der Waals surface area contributed by atoms with E-state index in [-0.39, 0.29) is 11.7 Å². The Balaban J connectivity index is 1.92. The summed E-state index contributed by atoms with van der Waals surface area (Å²) in [7, 11) is 1.58. The molecule has 6 heteroatoms. The van der Waals surface area contributed by atoms with Gasteiger partial charge in [-0.2, -0.15) is 0 Å². The lowest BCUT2D eigenvalue weighted by atomic mass is 10.2. The zero-order chi connectivity index (χ0) is 16.4. The summed E-state index contributed by atoms with van der Waals surface area (Å²) >= 11 is 6.45. The number of ether oxygens (including phenoxy) is 1. The third kappa shape index (κ3) is 3.13. The highest BCUT2D eigenvalue weighted by molar-refractivity contribution is 8.27. The molecule has 2 aromatic carbocycles. The number of carbonyl (C=O) groups is 1. The van der Waals surface area contributed by atoms with Crippen molar-refractivity contribution in [1.82, 2.24) is 0 Å². The fraction of sp³-hybridized carbons (Fsp3) is 0.0588. The zero-order valence-corrected chi connectivity index (χ0v) is 13.8. The average Bonchev–Trinajstić information content (AvgIpc) is 2.84. The lowest BCUT2D eigenvalue weighted by Crippen LogP contribution is -2.27. The van der Waals surface area contributed by atoms with E-state index in [9.17, 15) is 9.18 Å². The molecule has 0 unspecified atom stereocenters. The van der Waals surface area contributed by atoms with Crippen molar-refractivity contribution < 1.29 is 13.9 Å². The van der Waals surface area contributed by atoms with Crippen LogP contribution in [0.3, 0.4) is 0 Å². The Labute approximate surface area is 142 Å². The van der Waals surface area contributed by atoms with Gasteiger partial charge in [-0.15, -0.1) is 0 Å². The molecule has 1 saturated heterocycles. The van der Waals surface area contributed by atoms with Crippen LogP contribution in [0.2, 0.25) is 0 Å². The summed E-state index contributed by atoms with van der Waals surface area (Å²) in [6.07, 6.45) is 1.53. The van der Waals surface area contributed by atoms with E-state index in [1.165, 1.54) is 17.0 Å². The highest BCUT2D eigenvalue weighted by Gasteiger charge is 2.33. The van der Waals surface area contributed by atoms with Gasteiger partial charge in [0.15, 0.2) is 4.32 Å². The molecule has 1 fully saturated rings. The SMILES string of the molecule is COc1ccc(N2C(=O)/C(=C/c3ccccc3F)SC2=S)cc1. The number of halogens is 1. The summed E-state index contributed by atoms with van der Waals surface area (Å²) in [5.41, 5.74) is 1.02. The second kappa shape index (κ2) is 6.52. The fourth-order valence-corrected chi connectivity index (χ4v) is 3.44. The van der Waals surface area contributed by atoms with E-state index in [4.69, 9.17) is 17.0 Å². The minimum atomic E-state index is -0.373. The Morgan fingerprint density at radius 3 is 2.52 bits per heavy atom. The van der Waals surface area contributed by atoms with Gasteiger partial charge < -0.3 is 4.74 Å². The minimum Gasteiger partial charge on any atom is -0.497 e. The molecule has 0 N–H and O–H groups in total. The van der Waals surface area contributed by atoms with E-state index in [0.717, 1.165) is 11.8 Å². The molecule has 1 amide bonds. The van der Waals surface area contributed by atoms with Gasteiger partial charge in [0.05, 0.1) is 17.7 Å². The molecule has 0 aliphatic carbocycles. The van der Waals surface area contributed by atoms with Gasteiger partial charge in [-0.05, 0) is 36.4 Å². The summed E-state index contributed by atoms with van der Waals surface area (Å²) < 4.78 is 19.3. The first-order valence-electron chi connectivity index (χ1n) is 6.76. The quantitative estimate of drug-likeness (QED) is 0.615. The van der Waals surface area contributed by atoms with Crippen LogP contribution in [0.25, 0.3) is 6.08 Å². The summed E-state index contributed by atoms with van der Waals surface area (Å²) in [6.45, 7) is 0. The predicted octanol–water partition coefficient (Wildman–Crippen LogP) is 4.24. The highest BCUT2D eigenvalue weighted by Crippen LogP contribution is 2.36. The molecule has 23 heavy (non-hydrogen) atoms. The van der Waals surface area contributed by atoms with Crippen molar-refractivity contribution in [3.05, 3.63) is 64.8 Å². The van der Waals surface area contributed by atoms with Gasteiger partial charge in [0.1, 0.15) is 11.6 Å². The maximum absolute atomic E-state index is 13.7. The summed E-state index contributed by atoms with van der Waals surface area (Å²) in [5, 5.41) is 0. The van der Waals surface area contributed by atoms with Crippen LogP contribution in [0.5, 0.6) is 5.75 Å². The molecule has 116 valence electrons. The van der Waals surface area contributed by atoms with Crippen LogP contribution in [-0.2, 0) is 4.79 Å². The van der Waals surface area contributed by atoms with Gasteiger partial charge >= 0.3 is 0 Å². The van der Waals surface area contributed by atoms with Crippen LogP contribution >= 0.6 is 24.0 Å². The molecule has 2 aromatic rings. The lowest BCUT2D eigenvalue weighted by Gasteiger charge is -2.14. The third-order valence-electron chi connectivity index (χ3n) is 3.32. The number of thiocarbonyl (C=S) groups is 1. The monoisotopic (exact) mass is 345 g/mol. The first-order valence-corrected chi connectivity index (χ1v) is 7.99. The van der Waals surface area contributed by atoms with Gasteiger partial charge in [-0.1, -0.05) is 42.2 Å². The van der Waals surface area contributed by atoms with Gasteiger partial charge in [-0.25, -0.2) is 4.39 Å². The molecule has 1 aliphatic rings. The smallest absolute Gasteiger partial charge is 0.270 e. The molecule has 3 nitrogen and oxygen atoms in total. The van der Waals surface area contributed by atoms with Gasteiger partial charge in [-0.3, -0.25) is 9.69 Å². The van der Waals surface area contributed by atoms with E-state index in [1.807, 2.05) is 0 Å². The highest BCUT2D eigenvalue weighted by atomic mass is 32.2. The number of hydrogen-bond donors (Lipinski definition) is 0. The number of amides is 1. The van der Waals surface area contributed by atoms with Crippen LogP contribution in [0.15, 0.2) is 53.4 Å². The molecule has 1 heterocycles. The standard InChI is InChI=1S/C17H12FNO2S2/c1-21-13-8-6-12(7-9-13)19-16(20)15(23-17(19)22)10-11-4-2-3-5-14(11)18/h2-10H,1H3/b15-10-.